The minimum atomic E-state index is -1.89. The van der Waals surface area contributed by atoms with Gasteiger partial charge in [0.25, 0.3) is 5.56 Å². The van der Waals surface area contributed by atoms with Crippen LogP contribution in [0, 0.1) is 5.92 Å². The van der Waals surface area contributed by atoms with E-state index in [1.807, 2.05) is 6.92 Å². The van der Waals surface area contributed by atoms with Gasteiger partial charge in [-0.2, -0.15) is 0 Å². The number of benzene rings is 1. The first-order valence-corrected chi connectivity index (χ1v) is 13.0. The van der Waals surface area contributed by atoms with Crippen molar-refractivity contribution in [2.24, 2.45) is 5.92 Å². The number of rotatable bonds is 8. The summed E-state index contributed by atoms with van der Waals surface area (Å²) in [7, 11) is 0. The van der Waals surface area contributed by atoms with E-state index in [0.717, 1.165) is 16.5 Å². The Kier molecular flexibility index (Phi) is 6.86. The van der Waals surface area contributed by atoms with Crippen LogP contribution in [-0.4, -0.2) is 45.6 Å². The third-order valence-electron chi connectivity index (χ3n) is 7.47. The van der Waals surface area contributed by atoms with Crippen molar-refractivity contribution in [1.82, 2.24) is 9.55 Å². The summed E-state index contributed by atoms with van der Waals surface area (Å²) in [5.41, 5.74) is 1.93. The fourth-order valence-electron chi connectivity index (χ4n) is 5.17. The Bertz CT molecular complexity index is 1590. The summed E-state index contributed by atoms with van der Waals surface area (Å²) in [6.07, 6.45) is 0.697. The van der Waals surface area contributed by atoms with Crippen LogP contribution in [0.15, 0.2) is 29.1 Å². The minimum absolute atomic E-state index is 0.0700. The monoisotopic (exact) mass is 534 g/mol. The number of pyridine rings is 2. The van der Waals surface area contributed by atoms with Crippen molar-refractivity contribution in [1.29, 1.82) is 0 Å². The Balaban J connectivity index is 1.50. The summed E-state index contributed by atoms with van der Waals surface area (Å²) in [6.45, 7) is 6.77. The summed E-state index contributed by atoms with van der Waals surface area (Å²) >= 11 is 0. The highest BCUT2D eigenvalue weighted by Crippen LogP contribution is 2.40. The highest BCUT2D eigenvalue weighted by atomic mass is 16.6. The molecule has 0 amide bonds. The van der Waals surface area contributed by atoms with E-state index < -0.39 is 17.5 Å². The zero-order valence-corrected chi connectivity index (χ0v) is 22.3. The van der Waals surface area contributed by atoms with E-state index in [2.05, 4.69) is 0 Å². The fourth-order valence-corrected chi connectivity index (χ4v) is 5.17. The number of esters is 2. The van der Waals surface area contributed by atoms with Crippen molar-refractivity contribution in [3.8, 4) is 17.1 Å². The molecule has 39 heavy (non-hydrogen) atoms. The lowest BCUT2D eigenvalue weighted by molar-refractivity contribution is -0.172. The van der Waals surface area contributed by atoms with E-state index in [1.54, 1.807) is 49.6 Å². The molecule has 2 aliphatic heterocycles. The number of aromatic nitrogens is 2. The van der Waals surface area contributed by atoms with Crippen LogP contribution >= 0.6 is 0 Å². The number of aliphatic hydroxyl groups is 1. The van der Waals surface area contributed by atoms with Gasteiger partial charge in [-0.3, -0.25) is 9.59 Å². The standard InChI is InChI=1S/C29H30N2O8/c1-5-17-18-9-16(39-25(33)14-37-13-24(32)15(3)4)7-8-22(18)30-26-19(17)11-31-23(26)10-21-20(27(31)34)12-38-28(35)29(21,36)6-2/h7-10,15,36H,5-6,11-14H2,1-4H3/t29-/m0/s1. The molecule has 0 aliphatic carbocycles. The lowest BCUT2D eigenvalue weighted by Gasteiger charge is -2.31. The number of aryl methyl sites for hydroxylation is 1. The number of cyclic esters (lactones) is 1. The molecule has 5 rings (SSSR count). The van der Waals surface area contributed by atoms with E-state index in [4.69, 9.17) is 19.2 Å². The van der Waals surface area contributed by atoms with Crippen molar-refractivity contribution >= 4 is 28.6 Å². The quantitative estimate of drug-likeness (QED) is 0.267. The molecule has 204 valence electrons. The molecule has 0 radical (unpaired) electrons. The highest BCUT2D eigenvalue weighted by molar-refractivity contribution is 5.90. The molecule has 0 bridgehead atoms. The lowest BCUT2D eigenvalue weighted by atomic mass is 9.86. The topological polar surface area (TPSA) is 134 Å². The van der Waals surface area contributed by atoms with Crippen molar-refractivity contribution in [2.75, 3.05) is 13.2 Å². The average Bonchev–Trinajstić information content (AvgIpc) is 3.28. The van der Waals surface area contributed by atoms with Crippen molar-refractivity contribution < 1.29 is 33.7 Å². The first-order chi connectivity index (χ1) is 18.6. The van der Waals surface area contributed by atoms with Crippen LogP contribution in [0.1, 0.15) is 56.4 Å². The van der Waals surface area contributed by atoms with Crippen molar-refractivity contribution in [3.05, 3.63) is 56.9 Å². The Morgan fingerprint density at radius 3 is 2.62 bits per heavy atom. The maximum atomic E-state index is 13.5. The van der Waals surface area contributed by atoms with E-state index >= 15 is 0 Å². The molecule has 3 aromatic rings. The first-order valence-electron chi connectivity index (χ1n) is 13.0. The number of Topliss-reactive ketones (excluding diaryl/α,β-unsaturated/α-hetero) is 1. The number of nitrogens with zero attached hydrogens (tertiary/aromatic N) is 2. The van der Waals surface area contributed by atoms with Gasteiger partial charge in [-0.15, -0.1) is 0 Å². The van der Waals surface area contributed by atoms with Crippen LogP contribution in [-0.2, 0) is 49.0 Å². The molecular weight excluding hydrogens is 504 g/mol. The zero-order chi connectivity index (χ0) is 28.1. The molecule has 0 unspecified atom stereocenters. The van der Waals surface area contributed by atoms with Crippen LogP contribution in [0.5, 0.6) is 5.75 Å². The van der Waals surface area contributed by atoms with Gasteiger partial charge in [0.15, 0.2) is 11.4 Å². The minimum Gasteiger partial charge on any atom is -0.458 e. The Hall–Kier alpha value is -3.89. The van der Waals surface area contributed by atoms with Gasteiger partial charge in [-0.1, -0.05) is 27.7 Å². The van der Waals surface area contributed by atoms with E-state index in [9.17, 15) is 24.3 Å². The first kappa shape index (κ1) is 26.7. The van der Waals surface area contributed by atoms with Gasteiger partial charge in [-0.25, -0.2) is 14.6 Å². The smallest absolute Gasteiger partial charge is 0.343 e. The molecule has 1 N–H and O–H groups in total. The van der Waals surface area contributed by atoms with Gasteiger partial charge in [0, 0.05) is 22.4 Å². The zero-order valence-electron chi connectivity index (χ0n) is 22.3. The van der Waals surface area contributed by atoms with Crippen LogP contribution in [0.2, 0.25) is 0 Å². The van der Waals surface area contributed by atoms with Gasteiger partial charge in [0.1, 0.15) is 25.6 Å². The predicted molar refractivity (Wildman–Crippen MR) is 140 cm³/mol. The van der Waals surface area contributed by atoms with Crippen LogP contribution < -0.4 is 10.3 Å². The number of hydrogen-bond donors (Lipinski definition) is 1. The third kappa shape index (κ3) is 4.43. The second kappa shape index (κ2) is 10.0. The van der Waals surface area contributed by atoms with E-state index in [-0.39, 0.29) is 61.2 Å². The number of hydrogen-bond acceptors (Lipinski definition) is 9. The molecule has 0 saturated carbocycles. The molecule has 4 heterocycles. The van der Waals surface area contributed by atoms with E-state index in [1.165, 1.54) is 0 Å². The second-order valence-corrected chi connectivity index (χ2v) is 10.1. The summed E-state index contributed by atoms with van der Waals surface area (Å²) in [5, 5.41) is 11.9. The van der Waals surface area contributed by atoms with Gasteiger partial charge < -0.3 is 23.9 Å². The molecule has 2 aromatic heterocycles. The predicted octanol–water partition coefficient (Wildman–Crippen LogP) is 2.79. The summed E-state index contributed by atoms with van der Waals surface area (Å²) < 4.78 is 17.4. The molecule has 10 nitrogen and oxygen atoms in total. The lowest BCUT2D eigenvalue weighted by Crippen LogP contribution is -2.44. The highest BCUT2D eigenvalue weighted by Gasteiger charge is 2.45. The van der Waals surface area contributed by atoms with Gasteiger partial charge in [-0.05, 0) is 42.7 Å². The van der Waals surface area contributed by atoms with Crippen molar-refractivity contribution in [3.63, 3.8) is 0 Å². The van der Waals surface area contributed by atoms with Crippen LogP contribution in [0.4, 0.5) is 0 Å². The fraction of sp³-hybridized carbons (Fsp3) is 0.414. The molecule has 1 atom stereocenters. The van der Waals surface area contributed by atoms with Crippen LogP contribution in [0.25, 0.3) is 22.3 Å². The molecule has 2 aliphatic rings. The number of carbonyl (C=O) groups is 3. The SMILES string of the molecule is CCc1c2c(nc3ccc(OC(=O)COCC(=O)C(C)C)cc13)-c1cc3c(c(=O)n1C2)COC(=O)[C@]3(O)CC. The second-order valence-electron chi connectivity index (χ2n) is 10.1. The number of ketones is 1. The van der Waals surface area contributed by atoms with E-state index in [0.29, 0.717) is 29.1 Å². The molecule has 0 spiro atoms. The summed E-state index contributed by atoms with van der Waals surface area (Å²) in [6, 6.07) is 6.78. The summed E-state index contributed by atoms with van der Waals surface area (Å²) in [4.78, 5) is 54.7. The molecule has 1 aromatic carbocycles. The molecule has 10 heteroatoms. The van der Waals surface area contributed by atoms with Gasteiger partial charge >= 0.3 is 11.9 Å². The molecular formula is C29H30N2O8. The Morgan fingerprint density at radius 1 is 1.15 bits per heavy atom. The van der Waals surface area contributed by atoms with Crippen LogP contribution in [0.3, 0.4) is 0 Å². The largest absolute Gasteiger partial charge is 0.458 e. The summed E-state index contributed by atoms with van der Waals surface area (Å²) in [5.74, 6) is -1.35. The maximum Gasteiger partial charge on any atom is 0.343 e. The maximum absolute atomic E-state index is 13.5. The Labute approximate surface area is 224 Å². The molecule has 0 saturated heterocycles. The number of ether oxygens (including phenoxy) is 3. The normalized spacial score (nSPS) is 17.5. The number of fused-ring (bicyclic) bond motifs is 5. The van der Waals surface area contributed by atoms with Gasteiger partial charge in [0.2, 0.25) is 0 Å². The average molecular weight is 535 g/mol. The third-order valence-corrected chi connectivity index (χ3v) is 7.47. The Morgan fingerprint density at radius 2 is 1.92 bits per heavy atom. The molecule has 0 fully saturated rings. The van der Waals surface area contributed by atoms with Crippen molar-refractivity contribution in [2.45, 2.75) is 59.3 Å². The van der Waals surface area contributed by atoms with Gasteiger partial charge in [0.05, 0.1) is 29.0 Å². The number of carbonyl (C=O) groups excluding carboxylic acids is 3.